The second-order valence-electron chi connectivity index (χ2n) is 3.24. The lowest BCUT2D eigenvalue weighted by atomic mass is 10.1. The second-order valence-corrected chi connectivity index (χ2v) is 3.24. The molecule has 2 rings (SSSR count). The van der Waals surface area contributed by atoms with E-state index in [0.717, 1.165) is 22.3 Å². The number of anilines is 1. The van der Waals surface area contributed by atoms with E-state index in [-0.39, 0.29) is 5.82 Å². The van der Waals surface area contributed by atoms with E-state index in [1.54, 1.807) is 0 Å². The van der Waals surface area contributed by atoms with Crippen LogP contribution in [0.15, 0.2) is 24.3 Å². The Morgan fingerprint density at radius 1 is 1.29 bits per heavy atom. The van der Waals surface area contributed by atoms with Gasteiger partial charge in [0.15, 0.2) is 0 Å². The first-order valence-corrected chi connectivity index (χ1v) is 4.45. The fraction of sp³-hybridized carbons (Fsp3) is 0.182. The van der Waals surface area contributed by atoms with E-state index in [4.69, 9.17) is 0 Å². The summed E-state index contributed by atoms with van der Waals surface area (Å²) >= 11 is 0. The Labute approximate surface area is 81.8 Å². The highest BCUT2D eigenvalue weighted by atomic mass is 19.1. The maximum atomic E-state index is 13.0. The van der Waals surface area contributed by atoms with Crippen LogP contribution in [-0.4, -0.2) is 12.0 Å². The van der Waals surface area contributed by atoms with Crippen LogP contribution in [0.4, 0.5) is 10.2 Å². The van der Waals surface area contributed by atoms with Crippen LogP contribution >= 0.6 is 0 Å². The topological polar surface area (TPSA) is 24.9 Å². The molecule has 1 aromatic carbocycles. The first-order valence-electron chi connectivity index (χ1n) is 4.45. The molecule has 3 heteroatoms. The molecule has 0 fully saturated rings. The molecule has 2 nitrogen and oxygen atoms in total. The first-order chi connectivity index (χ1) is 6.70. The number of nitrogens with zero attached hydrogens (tertiary/aromatic N) is 1. The molecule has 0 radical (unpaired) electrons. The number of pyridine rings is 1. The lowest BCUT2D eigenvalue weighted by Crippen LogP contribution is -1.93. The van der Waals surface area contributed by atoms with Crippen molar-refractivity contribution < 1.29 is 4.39 Å². The Kier molecular flexibility index (Phi) is 2.08. The third-order valence-electron chi connectivity index (χ3n) is 2.20. The van der Waals surface area contributed by atoms with Crippen LogP contribution < -0.4 is 5.32 Å². The van der Waals surface area contributed by atoms with Crippen molar-refractivity contribution in [2.75, 3.05) is 12.4 Å². The summed E-state index contributed by atoms with van der Waals surface area (Å²) in [7, 11) is 1.81. The molecule has 0 amide bonds. The molecular formula is C11H11FN2. The van der Waals surface area contributed by atoms with Crippen LogP contribution in [0, 0.1) is 12.7 Å². The molecule has 0 aliphatic heterocycles. The van der Waals surface area contributed by atoms with Crippen molar-refractivity contribution in [1.82, 2.24) is 4.98 Å². The molecule has 72 valence electrons. The van der Waals surface area contributed by atoms with Crippen LogP contribution in [-0.2, 0) is 0 Å². The fourth-order valence-corrected chi connectivity index (χ4v) is 1.51. The number of aromatic nitrogens is 1. The molecule has 1 aromatic heterocycles. The standard InChI is InChI=1S/C11H11FN2/c1-7-5-9(12)6-8-3-4-10(13-2)14-11(7)8/h3-6H,1-2H3,(H,13,14). The molecule has 0 saturated carbocycles. The smallest absolute Gasteiger partial charge is 0.126 e. The number of aryl methyl sites for hydroxylation is 1. The summed E-state index contributed by atoms with van der Waals surface area (Å²) in [5.41, 5.74) is 1.70. The number of benzene rings is 1. The number of nitrogens with one attached hydrogen (secondary N) is 1. The maximum Gasteiger partial charge on any atom is 0.126 e. The number of hydrogen-bond donors (Lipinski definition) is 1. The normalized spacial score (nSPS) is 10.5. The maximum absolute atomic E-state index is 13.0. The summed E-state index contributed by atoms with van der Waals surface area (Å²) in [6, 6.07) is 6.69. The van der Waals surface area contributed by atoms with Crippen LogP contribution in [0.1, 0.15) is 5.56 Å². The van der Waals surface area contributed by atoms with Crippen molar-refractivity contribution in [1.29, 1.82) is 0 Å². The average Bonchev–Trinajstić information content (AvgIpc) is 2.17. The first kappa shape index (κ1) is 8.94. The van der Waals surface area contributed by atoms with Gasteiger partial charge >= 0.3 is 0 Å². The molecule has 0 bridgehead atoms. The van der Waals surface area contributed by atoms with E-state index in [0.29, 0.717) is 0 Å². The summed E-state index contributed by atoms with van der Waals surface area (Å²) in [4.78, 5) is 4.36. The summed E-state index contributed by atoms with van der Waals surface area (Å²) < 4.78 is 13.0. The summed E-state index contributed by atoms with van der Waals surface area (Å²) in [5, 5.41) is 3.79. The van der Waals surface area contributed by atoms with Gasteiger partial charge in [-0.25, -0.2) is 9.37 Å². The third-order valence-corrected chi connectivity index (χ3v) is 2.20. The van der Waals surface area contributed by atoms with Crippen LogP contribution in [0.5, 0.6) is 0 Å². The third kappa shape index (κ3) is 1.41. The minimum Gasteiger partial charge on any atom is -0.373 e. The van der Waals surface area contributed by atoms with Gasteiger partial charge in [-0.2, -0.15) is 0 Å². The zero-order valence-electron chi connectivity index (χ0n) is 8.13. The molecule has 2 aromatic rings. The van der Waals surface area contributed by atoms with Gasteiger partial charge in [0, 0.05) is 12.4 Å². The largest absolute Gasteiger partial charge is 0.373 e. The zero-order chi connectivity index (χ0) is 10.1. The SMILES string of the molecule is CNc1ccc2cc(F)cc(C)c2n1. The van der Waals surface area contributed by atoms with Crippen molar-refractivity contribution >= 4 is 16.7 Å². The summed E-state index contributed by atoms with van der Waals surface area (Å²) in [5.74, 6) is 0.584. The summed E-state index contributed by atoms with van der Waals surface area (Å²) in [6.07, 6.45) is 0. The Hall–Kier alpha value is -1.64. The minimum atomic E-state index is -0.214. The number of rotatable bonds is 1. The van der Waals surface area contributed by atoms with Gasteiger partial charge < -0.3 is 5.32 Å². The fourth-order valence-electron chi connectivity index (χ4n) is 1.51. The molecule has 0 unspecified atom stereocenters. The van der Waals surface area contributed by atoms with Crippen LogP contribution in [0.25, 0.3) is 10.9 Å². The Balaban J connectivity index is 2.75. The van der Waals surface area contributed by atoms with Crippen molar-refractivity contribution in [3.8, 4) is 0 Å². The molecular weight excluding hydrogens is 179 g/mol. The van der Waals surface area contributed by atoms with E-state index in [1.807, 2.05) is 26.1 Å². The zero-order valence-corrected chi connectivity index (χ0v) is 8.13. The van der Waals surface area contributed by atoms with Crippen molar-refractivity contribution in [3.05, 3.63) is 35.6 Å². The van der Waals surface area contributed by atoms with Gasteiger partial charge in [0.1, 0.15) is 11.6 Å². The quantitative estimate of drug-likeness (QED) is 0.747. The van der Waals surface area contributed by atoms with Gasteiger partial charge in [-0.15, -0.1) is 0 Å². The molecule has 0 aliphatic carbocycles. The molecule has 1 heterocycles. The van der Waals surface area contributed by atoms with E-state index in [1.165, 1.54) is 12.1 Å². The molecule has 0 saturated heterocycles. The van der Waals surface area contributed by atoms with Crippen molar-refractivity contribution in [3.63, 3.8) is 0 Å². The van der Waals surface area contributed by atoms with Crippen molar-refractivity contribution in [2.45, 2.75) is 6.92 Å². The van der Waals surface area contributed by atoms with E-state index < -0.39 is 0 Å². The predicted octanol–water partition coefficient (Wildman–Crippen LogP) is 2.72. The Bertz CT molecular complexity index is 480. The molecule has 1 N–H and O–H groups in total. The Morgan fingerprint density at radius 2 is 2.07 bits per heavy atom. The molecule has 14 heavy (non-hydrogen) atoms. The van der Waals surface area contributed by atoms with Gasteiger partial charge in [0.2, 0.25) is 0 Å². The minimum absolute atomic E-state index is 0.214. The van der Waals surface area contributed by atoms with Gasteiger partial charge in [-0.05, 0) is 36.8 Å². The number of hydrogen-bond acceptors (Lipinski definition) is 2. The highest BCUT2D eigenvalue weighted by Gasteiger charge is 2.02. The highest BCUT2D eigenvalue weighted by Crippen LogP contribution is 2.19. The van der Waals surface area contributed by atoms with Crippen LogP contribution in [0.2, 0.25) is 0 Å². The van der Waals surface area contributed by atoms with Crippen molar-refractivity contribution in [2.24, 2.45) is 0 Å². The lowest BCUT2D eigenvalue weighted by Gasteiger charge is -2.04. The van der Waals surface area contributed by atoms with E-state index in [2.05, 4.69) is 10.3 Å². The van der Waals surface area contributed by atoms with Gasteiger partial charge in [-0.3, -0.25) is 0 Å². The van der Waals surface area contributed by atoms with Crippen LogP contribution in [0.3, 0.4) is 0 Å². The van der Waals surface area contributed by atoms with Gasteiger partial charge in [0.25, 0.3) is 0 Å². The number of fused-ring (bicyclic) bond motifs is 1. The monoisotopic (exact) mass is 190 g/mol. The average molecular weight is 190 g/mol. The molecule has 0 spiro atoms. The van der Waals surface area contributed by atoms with E-state index in [9.17, 15) is 4.39 Å². The second kappa shape index (κ2) is 3.25. The van der Waals surface area contributed by atoms with E-state index >= 15 is 0 Å². The van der Waals surface area contributed by atoms with Gasteiger partial charge in [-0.1, -0.05) is 0 Å². The predicted molar refractivity (Wildman–Crippen MR) is 56.0 cm³/mol. The molecule has 0 aliphatic rings. The highest BCUT2D eigenvalue weighted by molar-refractivity contribution is 5.83. The summed E-state index contributed by atoms with van der Waals surface area (Å²) in [6.45, 7) is 1.86. The molecule has 0 atom stereocenters. The van der Waals surface area contributed by atoms with Gasteiger partial charge in [0.05, 0.1) is 5.52 Å². The lowest BCUT2D eigenvalue weighted by molar-refractivity contribution is 0.628. The number of halogens is 1. The Morgan fingerprint density at radius 3 is 2.79 bits per heavy atom.